The van der Waals surface area contributed by atoms with Gasteiger partial charge in [0.05, 0.1) is 43.2 Å². The van der Waals surface area contributed by atoms with Crippen LogP contribution in [-0.2, 0) is 23.7 Å². The molecule has 42 heavy (non-hydrogen) atoms. The minimum atomic E-state index is -1.48. The van der Waals surface area contributed by atoms with E-state index >= 15 is 0 Å². The number of hydrogen-bond donors (Lipinski definition) is 1. The second-order valence-corrected chi connectivity index (χ2v) is 16.3. The summed E-state index contributed by atoms with van der Waals surface area (Å²) >= 11 is 0. The maximum absolute atomic E-state index is 13.5. The number of hydrogen-bond acceptors (Lipinski definition) is 9. The second kappa shape index (κ2) is 15.9. The first-order valence-corrected chi connectivity index (χ1v) is 17.4. The van der Waals surface area contributed by atoms with E-state index in [9.17, 15) is 14.4 Å². The first kappa shape index (κ1) is 32.6. The van der Waals surface area contributed by atoms with E-state index in [0.29, 0.717) is 35.8 Å². The molecular formula is C30H40N2O9Si. The number of alkyl carbamates (subject to hydrolysis) is 1. The monoisotopic (exact) mass is 600 g/mol. The molecule has 0 radical (unpaired) electrons. The second-order valence-electron chi connectivity index (χ2n) is 10.7. The van der Waals surface area contributed by atoms with Crippen molar-refractivity contribution in [3.8, 4) is 5.75 Å². The summed E-state index contributed by atoms with van der Waals surface area (Å²) in [7, 11) is 0.0967. The highest BCUT2D eigenvalue weighted by atomic mass is 28.3. The summed E-state index contributed by atoms with van der Waals surface area (Å²) in [6.45, 7) is 10.9. The van der Waals surface area contributed by atoms with Gasteiger partial charge in [-0.25, -0.2) is 14.4 Å². The van der Waals surface area contributed by atoms with E-state index in [1.165, 1.54) is 11.0 Å². The molecule has 0 saturated carbocycles. The minimum absolute atomic E-state index is 0.0104. The van der Waals surface area contributed by atoms with Gasteiger partial charge in [-0.1, -0.05) is 50.5 Å². The topological polar surface area (TPSA) is 122 Å². The van der Waals surface area contributed by atoms with Gasteiger partial charge in [-0.15, -0.1) is 0 Å². The Kier molecular flexibility index (Phi) is 12.4. The molecule has 0 aliphatic carbocycles. The third-order valence-electron chi connectivity index (χ3n) is 6.33. The van der Waals surface area contributed by atoms with Crippen molar-refractivity contribution in [2.75, 3.05) is 51.8 Å². The van der Waals surface area contributed by atoms with Gasteiger partial charge >= 0.3 is 18.2 Å². The molecule has 2 aromatic carbocycles. The lowest BCUT2D eigenvalue weighted by molar-refractivity contribution is -0.00851. The smallest absolute Gasteiger partial charge is 0.414 e. The Morgan fingerprint density at radius 3 is 2.45 bits per heavy atom. The van der Waals surface area contributed by atoms with Gasteiger partial charge in [-0.05, 0) is 36.4 Å². The highest BCUT2D eigenvalue weighted by Gasteiger charge is 2.45. The Balaban J connectivity index is 1.91. The predicted molar refractivity (Wildman–Crippen MR) is 160 cm³/mol. The molecule has 228 valence electrons. The summed E-state index contributed by atoms with van der Waals surface area (Å²) in [6.07, 6.45) is 0.1000. The molecule has 0 bridgehead atoms. The Bertz CT molecular complexity index is 1200. The van der Waals surface area contributed by atoms with Crippen LogP contribution in [0.1, 0.15) is 22.0 Å². The van der Waals surface area contributed by atoms with Crippen molar-refractivity contribution in [2.45, 2.75) is 37.8 Å². The number of carbonyl (C=O) groups is 3. The Labute approximate surface area is 247 Å². The Morgan fingerprint density at radius 2 is 1.76 bits per heavy atom. The summed E-state index contributed by atoms with van der Waals surface area (Å²) in [6, 6.07) is 12.7. The Morgan fingerprint density at radius 1 is 1.00 bits per heavy atom. The van der Waals surface area contributed by atoms with Crippen LogP contribution in [0.25, 0.3) is 0 Å². The number of methoxy groups -OCH3 is 1. The molecular weight excluding hydrogens is 560 g/mol. The van der Waals surface area contributed by atoms with Gasteiger partial charge in [-0.2, -0.15) is 0 Å². The lowest BCUT2D eigenvalue weighted by Crippen LogP contribution is -2.47. The zero-order chi connectivity index (χ0) is 30.5. The first-order chi connectivity index (χ1) is 20.1. The van der Waals surface area contributed by atoms with Crippen LogP contribution in [0, 0.1) is 0 Å². The highest BCUT2D eigenvalue weighted by Crippen LogP contribution is 2.42. The number of anilines is 1. The van der Waals surface area contributed by atoms with Gasteiger partial charge in [0.1, 0.15) is 19.0 Å². The zero-order valence-corrected chi connectivity index (χ0v) is 25.6. The molecule has 2 aromatic rings. The van der Waals surface area contributed by atoms with Crippen LogP contribution in [0.4, 0.5) is 15.3 Å². The van der Waals surface area contributed by atoms with E-state index in [0.717, 1.165) is 6.04 Å². The van der Waals surface area contributed by atoms with E-state index in [2.05, 4.69) is 31.5 Å². The molecule has 1 aliphatic rings. The van der Waals surface area contributed by atoms with E-state index < -0.39 is 38.3 Å². The van der Waals surface area contributed by atoms with Crippen LogP contribution in [0.15, 0.2) is 61.2 Å². The summed E-state index contributed by atoms with van der Waals surface area (Å²) < 4.78 is 32.6. The lowest BCUT2D eigenvalue weighted by atomic mass is 10.0. The van der Waals surface area contributed by atoms with E-state index in [-0.39, 0.29) is 26.6 Å². The molecule has 0 aromatic heterocycles. The van der Waals surface area contributed by atoms with Crippen molar-refractivity contribution in [1.82, 2.24) is 5.32 Å². The zero-order valence-electron chi connectivity index (χ0n) is 24.6. The van der Waals surface area contributed by atoms with Crippen molar-refractivity contribution in [3.63, 3.8) is 0 Å². The average Bonchev–Trinajstić information content (AvgIpc) is 3.26. The molecule has 1 heterocycles. The van der Waals surface area contributed by atoms with Crippen molar-refractivity contribution in [1.29, 1.82) is 0 Å². The number of benzene rings is 2. The van der Waals surface area contributed by atoms with Gasteiger partial charge in [0.15, 0.2) is 6.79 Å². The van der Waals surface area contributed by atoms with E-state index in [1.807, 2.05) is 0 Å². The first-order valence-electron chi connectivity index (χ1n) is 13.7. The van der Waals surface area contributed by atoms with Gasteiger partial charge in [0.25, 0.3) is 0 Å². The van der Waals surface area contributed by atoms with E-state index in [4.69, 9.17) is 28.4 Å². The predicted octanol–water partition coefficient (Wildman–Crippen LogP) is 5.16. The third-order valence-corrected chi connectivity index (χ3v) is 8.03. The molecule has 1 N–H and O–H groups in total. The molecule has 2 atom stereocenters. The summed E-state index contributed by atoms with van der Waals surface area (Å²) in [5.74, 6) is -0.116. The number of amides is 2. The van der Waals surface area contributed by atoms with Gasteiger partial charge in [0, 0.05) is 20.7 Å². The van der Waals surface area contributed by atoms with Crippen molar-refractivity contribution >= 4 is 31.9 Å². The third kappa shape index (κ3) is 9.60. The van der Waals surface area contributed by atoms with Crippen LogP contribution in [0.5, 0.6) is 5.75 Å². The van der Waals surface area contributed by atoms with Crippen molar-refractivity contribution in [3.05, 3.63) is 72.3 Å². The summed E-state index contributed by atoms with van der Waals surface area (Å²) in [5, 5.41) is 2.81. The molecule has 0 unspecified atom stereocenters. The Hall–Kier alpha value is -3.87. The minimum Gasteiger partial charge on any atom is -0.468 e. The van der Waals surface area contributed by atoms with Gasteiger partial charge in [0.2, 0.25) is 0 Å². The van der Waals surface area contributed by atoms with Crippen LogP contribution < -0.4 is 15.0 Å². The standard InChI is InChI=1S/C30H40N2O9Si/c1-6-14-38-29(34)31-27-24-19-23(41-21-37-16-15-36-2)12-13-25(24)32(30(35)39-17-18-42(3,4)5)26(27)20-40-28(33)22-10-8-7-9-11-22/h6-13,19,26-27H,1,14-18,20-21H2,2-5H3,(H,31,34)/t26-,27+/m1/s1. The lowest BCUT2D eigenvalue weighted by Gasteiger charge is -2.28. The van der Waals surface area contributed by atoms with Crippen LogP contribution >= 0.6 is 0 Å². The fourth-order valence-corrected chi connectivity index (χ4v) is 4.87. The van der Waals surface area contributed by atoms with Crippen LogP contribution in [-0.4, -0.2) is 79.2 Å². The normalized spacial score (nSPS) is 15.9. The SMILES string of the molecule is C=CCOC(=O)N[C@H]1c2cc(OCOCCOC)ccc2N(C(=O)OCC[Si](C)(C)C)[C@@H]1COC(=O)c1ccccc1. The number of rotatable bonds is 15. The fraction of sp³-hybridized carbons (Fsp3) is 0.433. The molecule has 0 spiro atoms. The number of nitrogens with zero attached hydrogens (tertiary/aromatic N) is 1. The molecule has 2 amide bonds. The number of nitrogens with one attached hydrogen (secondary N) is 1. The maximum Gasteiger partial charge on any atom is 0.414 e. The van der Waals surface area contributed by atoms with Crippen LogP contribution in [0.3, 0.4) is 0 Å². The quantitative estimate of drug-likeness (QED) is 0.0738. The largest absolute Gasteiger partial charge is 0.468 e. The number of carbonyl (C=O) groups excluding carboxylic acids is 3. The molecule has 3 rings (SSSR count). The van der Waals surface area contributed by atoms with Crippen LogP contribution in [0.2, 0.25) is 25.7 Å². The fourth-order valence-electron chi connectivity index (χ4n) is 4.15. The number of ether oxygens (including phenoxy) is 6. The van der Waals surface area contributed by atoms with Crippen molar-refractivity contribution < 1.29 is 42.8 Å². The van der Waals surface area contributed by atoms with Crippen molar-refractivity contribution in [2.24, 2.45) is 0 Å². The highest BCUT2D eigenvalue weighted by molar-refractivity contribution is 6.76. The van der Waals surface area contributed by atoms with Gasteiger partial charge in [-0.3, -0.25) is 4.90 Å². The number of fused-ring (bicyclic) bond motifs is 1. The number of esters is 1. The molecule has 11 nitrogen and oxygen atoms in total. The molecule has 0 fully saturated rings. The summed E-state index contributed by atoms with van der Waals surface area (Å²) in [4.78, 5) is 40.5. The molecule has 0 saturated heterocycles. The molecule has 1 aliphatic heterocycles. The van der Waals surface area contributed by atoms with E-state index in [1.54, 1.807) is 55.6 Å². The van der Waals surface area contributed by atoms with Gasteiger partial charge < -0.3 is 33.7 Å². The average molecular weight is 601 g/mol. The molecule has 12 heteroatoms. The summed E-state index contributed by atoms with van der Waals surface area (Å²) in [5.41, 5.74) is 1.40. The maximum atomic E-state index is 13.5.